The van der Waals surface area contributed by atoms with Crippen molar-refractivity contribution < 1.29 is 9.18 Å². The highest BCUT2D eigenvalue weighted by atomic mass is 35.5. The van der Waals surface area contributed by atoms with Crippen molar-refractivity contribution in [2.24, 2.45) is 0 Å². The fourth-order valence-electron chi connectivity index (χ4n) is 1.79. The topological polar surface area (TPSA) is 58.1 Å². The van der Waals surface area contributed by atoms with E-state index >= 15 is 0 Å². The summed E-state index contributed by atoms with van der Waals surface area (Å²) in [6.07, 6.45) is 2.96. The smallest absolute Gasteiger partial charge is 0.256 e. The summed E-state index contributed by atoms with van der Waals surface area (Å²) in [7, 11) is 3.48. The van der Waals surface area contributed by atoms with Gasteiger partial charge in [0, 0.05) is 38.6 Å². The van der Waals surface area contributed by atoms with Gasteiger partial charge in [-0.25, -0.2) is 4.39 Å². The second-order valence-electron chi connectivity index (χ2n) is 4.21. The van der Waals surface area contributed by atoms with Gasteiger partial charge in [-0.15, -0.1) is 24.8 Å². The number of hydrogen-bond acceptors (Lipinski definition) is 4. The van der Waals surface area contributed by atoms with Crippen molar-refractivity contribution in [3.63, 3.8) is 0 Å². The van der Waals surface area contributed by atoms with E-state index in [0.717, 1.165) is 0 Å². The van der Waals surface area contributed by atoms with Crippen LogP contribution in [0.2, 0.25) is 0 Å². The normalized spacial score (nSPS) is 9.67. The van der Waals surface area contributed by atoms with E-state index in [4.69, 9.17) is 0 Å². The summed E-state index contributed by atoms with van der Waals surface area (Å²) in [6, 6.07) is 2.47. The highest BCUT2D eigenvalue weighted by Crippen LogP contribution is 2.17. The number of carbonyl (C=O) groups excluding carboxylic acids is 1. The van der Waals surface area contributed by atoms with Gasteiger partial charge in [0.25, 0.3) is 5.91 Å². The predicted molar refractivity (Wildman–Crippen MR) is 84.9 cm³/mol. The van der Waals surface area contributed by atoms with Crippen LogP contribution in [0.15, 0.2) is 24.5 Å². The first-order valence-electron chi connectivity index (χ1n) is 5.94. The number of rotatable bonds is 4. The predicted octanol–water partition coefficient (Wildman–Crippen LogP) is 1.90. The van der Waals surface area contributed by atoms with Crippen LogP contribution in [0.4, 0.5) is 4.39 Å². The molecule has 1 amide bonds. The number of fused-ring (bicyclic) bond motifs is 1. The lowest BCUT2D eigenvalue weighted by Gasteiger charge is -2.17. The minimum atomic E-state index is -0.488. The lowest BCUT2D eigenvalue weighted by Crippen LogP contribution is -2.33. The first-order chi connectivity index (χ1) is 9.13. The van der Waals surface area contributed by atoms with Gasteiger partial charge in [-0.1, -0.05) is 0 Å². The fraction of sp³-hybridized carbons (Fsp3) is 0.308. The van der Waals surface area contributed by atoms with Crippen LogP contribution in [0.5, 0.6) is 0 Å². The summed E-state index contributed by atoms with van der Waals surface area (Å²) in [5.74, 6) is -0.751. The number of hydrogen-bond donors (Lipinski definition) is 1. The Morgan fingerprint density at radius 1 is 1.29 bits per heavy atom. The van der Waals surface area contributed by atoms with Gasteiger partial charge >= 0.3 is 0 Å². The van der Waals surface area contributed by atoms with Crippen molar-refractivity contribution in [3.8, 4) is 0 Å². The third kappa shape index (κ3) is 4.49. The highest BCUT2D eigenvalue weighted by molar-refractivity contribution is 6.04. The summed E-state index contributed by atoms with van der Waals surface area (Å²) >= 11 is 0. The van der Waals surface area contributed by atoms with Crippen molar-refractivity contribution in [2.75, 3.05) is 27.2 Å². The summed E-state index contributed by atoms with van der Waals surface area (Å²) in [4.78, 5) is 21.9. The Bertz CT molecular complexity index is 612. The zero-order chi connectivity index (χ0) is 13.8. The van der Waals surface area contributed by atoms with Crippen LogP contribution >= 0.6 is 24.8 Å². The zero-order valence-electron chi connectivity index (χ0n) is 11.7. The molecule has 0 atom stereocenters. The average Bonchev–Trinajstić information content (AvgIpc) is 2.42. The third-order valence-electron chi connectivity index (χ3n) is 2.81. The molecule has 116 valence electrons. The molecule has 21 heavy (non-hydrogen) atoms. The van der Waals surface area contributed by atoms with Gasteiger partial charge in [0.05, 0.1) is 11.1 Å². The highest BCUT2D eigenvalue weighted by Gasteiger charge is 2.17. The molecule has 2 rings (SSSR count). The van der Waals surface area contributed by atoms with Gasteiger partial charge in [-0.2, -0.15) is 0 Å². The van der Waals surface area contributed by atoms with Gasteiger partial charge in [0.2, 0.25) is 0 Å². The molecule has 0 aliphatic carbocycles. The number of carbonyl (C=O) groups is 1. The molecule has 5 nitrogen and oxygen atoms in total. The van der Waals surface area contributed by atoms with Gasteiger partial charge in [-0.3, -0.25) is 14.8 Å². The Balaban J connectivity index is 0.00000200. The van der Waals surface area contributed by atoms with Crippen LogP contribution in [0.3, 0.4) is 0 Å². The zero-order valence-corrected chi connectivity index (χ0v) is 13.3. The molecule has 1 N–H and O–H groups in total. The molecule has 0 aliphatic rings. The van der Waals surface area contributed by atoms with E-state index in [0.29, 0.717) is 24.1 Å². The Morgan fingerprint density at radius 2 is 1.95 bits per heavy atom. The van der Waals surface area contributed by atoms with E-state index in [9.17, 15) is 9.18 Å². The number of aromatic nitrogens is 2. The minimum absolute atomic E-state index is 0. The lowest BCUT2D eigenvalue weighted by atomic mass is 10.1. The van der Waals surface area contributed by atoms with Crippen molar-refractivity contribution in [1.82, 2.24) is 20.2 Å². The first-order valence-corrected chi connectivity index (χ1v) is 5.94. The Morgan fingerprint density at radius 3 is 2.62 bits per heavy atom. The number of nitrogens with zero attached hydrogens (tertiary/aromatic N) is 3. The molecule has 0 radical (unpaired) electrons. The summed E-state index contributed by atoms with van der Waals surface area (Å²) in [6.45, 7) is 1.20. The number of halogens is 3. The Hall–Kier alpha value is -1.50. The third-order valence-corrected chi connectivity index (χ3v) is 2.81. The number of amides is 1. The Kier molecular flexibility index (Phi) is 8.09. The quantitative estimate of drug-likeness (QED) is 0.927. The van der Waals surface area contributed by atoms with Crippen LogP contribution in [-0.2, 0) is 0 Å². The van der Waals surface area contributed by atoms with Crippen LogP contribution < -0.4 is 5.32 Å². The van der Waals surface area contributed by atoms with Gasteiger partial charge < -0.3 is 10.2 Å². The van der Waals surface area contributed by atoms with E-state index in [1.165, 1.54) is 29.4 Å². The van der Waals surface area contributed by atoms with Crippen molar-refractivity contribution in [3.05, 3.63) is 35.9 Å². The van der Waals surface area contributed by atoms with E-state index in [2.05, 4.69) is 15.3 Å². The van der Waals surface area contributed by atoms with Crippen molar-refractivity contribution in [1.29, 1.82) is 0 Å². The molecular formula is C13H17Cl2FN4O. The average molecular weight is 335 g/mol. The first kappa shape index (κ1) is 19.5. The number of likely N-dealkylation sites (N-methyl/N-ethyl adjacent to an activating group) is 2. The monoisotopic (exact) mass is 334 g/mol. The molecule has 1 heterocycles. The molecular weight excluding hydrogens is 318 g/mol. The molecule has 2 aromatic rings. The standard InChI is InChI=1S/C13H15FN4O.2ClH/c1-15-5-6-18(2)13(19)10-7-9(14)8-11-12(10)17-4-3-16-11;;/h3-4,7-8,15H,5-6H2,1-2H3;2*1H. The molecule has 1 aromatic heterocycles. The largest absolute Gasteiger partial charge is 0.340 e. The SMILES string of the molecule is CNCCN(C)C(=O)c1cc(F)cc2nccnc12.Cl.Cl. The van der Waals surface area contributed by atoms with E-state index < -0.39 is 5.82 Å². The van der Waals surface area contributed by atoms with Crippen molar-refractivity contribution in [2.45, 2.75) is 0 Å². The maximum atomic E-state index is 13.5. The second kappa shape index (κ2) is 8.71. The molecule has 0 fully saturated rings. The summed E-state index contributed by atoms with van der Waals surface area (Å²) in [5.41, 5.74) is 1.04. The second-order valence-corrected chi connectivity index (χ2v) is 4.21. The van der Waals surface area contributed by atoms with E-state index in [1.807, 2.05) is 0 Å². The van der Waals surface area contributed by atoms with E-state index in [-0.39, 0.29) is 36.3 Å². The molecule has 0 bridgehead atoms. The van der Waals surface area contributed by atoms with Crippen LogP contribution in [0.1, 0.15) is 10.4 Å². The maximum Gasteiger partial charge on any atom is 0.256 e. The molecule has 8 heteroatoms. The molecule has 0 saturated carbocycles. The van der Waals surface area contributed by atoms with Gasteiger partial charge in [-0.05, 0) is 13.1 Å². The lowest BCUT2D eigenvalue weighted by molar-refractivity contribution is 0.0798. The molecule has 0 spiro atoms. The van der Waals surface area contributed by atoms with Crippen LogP contribution in [-0.4, -0.2) is 48.0 Å². The maximum absolute atomic E-state index is 13.5. The molecule has 1 aromatic carbocycles. The number of nitrogens with one attached hydrogen (secondary N) is 1. The van der Waals surface area contributed by atoms with Crippen LogP contribution in [0, 0.1) is 5.82 Å². The summed E-state index contributed by atoms with van der Waals surface area (Å²) in [5, 5.41) is 2.96. The summed E-state index contributed by atoms with van der Waals surface area (Å²) < 4.78 is 13.5. The molecule has 0 aliphatic heterocycles. The van der Waals surface area contributed by atoms with Crippen molar-refractivity contribution >= 4 is 41.8 Å². The van der Waals surface area contributed by atoms with E-state index in [1.54, 1.807) is 14.1 Å². The fourth-order valence-corrected chi connectivity index (χ4v) is 1.79. The minimum Gasteiger partial charge on any atom is -0.340 e. The Labute approximate surface area is 134 Å². The van der Waals surface area contributed by atoms with Crippen LogP contribution in [0.25, 0.3) is 11.0 Å². The number of benzene rings is 1. The van der Waals surface area contributed by atoms with Gasteiger partial charge in [0.1, 0.15) is 11.3 Å². The molecule has 0 unspecified atom stereocenters. The molecule has 0 saturated heterocycles. The van der Waals surface area contributed by atoms with Gasteiger partial charge in [0.15, 0.2) is 0 Å².